The first-order valence-electron chi connectivity index (χ1n) is 6.46. The fourth-order valence-electron chi connectivity index (χ4n) is 1.78. The number of nitrogens with two attached hydrogens (primary N) is 1. The number of halogens is 1. The zero-order chi connectivity index (χ0) is 15.2. The molecule has 0 bridgehead atoms. The van der Waals surface area contributed by atoms with E-state index in [0.717, 1.165) is 11.1 Å². The van der Waals surface area contributed by atoms with E-state index in [1.165, 1.54) is 24.3 Å². The van der Waals surface area contributed by atoms with Crippen molar-refractivity contribution in [3.05, 3.63) is 65.0 Å². The van der Waals surface area contributed by atoms with Gasteiger partial charge in [0.15, 0.2) is 0 Å². The predicted octanol–water partition coefficient (Wildman–Crippen LogP) is 2.70. The van der Waals surface area contributed by atoms with Crippen molar-refractivity contribution >= 4 is 11.6 Å². The minimum Gasteiger partial charge on any atom is -0.322 e. The van der Waals surface area contributed by atoms with Crippen LogP contribution in [0.4, 0.5) is 10.1 Å². The average Bonchev–Trinajstić information content (AvgIpc) is 2.48. The molecule has 0 unspecified atom stereocenters. The second-order valence-electron chi connectivity index (χ2n) is 4.50. The van der Waals surface area contributed by atoms with Gasteiger partial charge in [-0.3, -0.25) is 4.79 Å². The molecule has 0 aliphatic rings. The summed E-state index contributed by atoms with van der Waals surface area (Å²) in [4.78, 5) is 12.2. The van der Waals surface area contributed by atoms with Gasteiger partial charge in [-0.05, 0) is 48.9 Å². The Balaban J connectivity index is 2.21. The molecule has 3 nitrogen and oxygen atoms in total. The Morgan fingerprint density at radius 3 is 2.62 bits per heavy atom. The molecule has 0 fully saturated rings. The molecule has 2 aromatic rings. The molecule has 0 aromatic heterocycles. The summed E-state index contributed by atoms with van der Waals surface area (Å²) >= 11 is 0. The second-order valence-corrected chi connectivity index (χ2v) is 4.50. The third-order valence-corrected chi connectivity index (χ3v) is 2.93. The summed E-state index contributed by atoms with van der Waals surface area (Å²) in [6, 6.07) is 10.9. The lowest BCUT2D eigenvalue weighted by Gasteiger charge is -2.07. The van der Waals surface area contributed by atoms with Crippen LogP contribution in [0.1, 0.15) is 21.5 Å². The topological polar surface area (TPSA) is 55.1 Å². The van der Waals surface area contributed by atoms with Crippen LogP contribution in [0.15, 0.2) is 42.5 Å². The van der Waals surface area contributed by atoms with Crippen LogP contribution in [0, 0.1) is 24.6 Å². The molecule has 0 aliphatic carbocycles. The molecule has 0 spiro atoms. The van der Waals surface area contributed by atoms with Gasteiger partial charge in [-0.2, -0.15) is 0 Å². The van der Waals surface area contributed by atoms with Gasteiger partial charge in [-0.15, -0.1) is 0 Å². The van der Waals surface area contributed by atoms with Crippen LogP contribution in [-0.4, -0.2) is 12.5 Å². The van der Waals surface area contributed by atoms with Gasteiger partial charge < -0.3 is 11.1 Å². The lowest BCUT2D eigenvalue weighted by atomic mass is 10.0. The lowest BCUT2D eigenvalue weighted by molar-refractivity contribution is 0.102. The largest absolute Gasteiger partial charge is 0.322 e. The highest BCUT2D eigenvalue weighted by Crippen LogP contribution is 2.13. The number of carbonyl (C=O) groups is 1. The fraction of sp³-hybridized carbons (Fsp3) is 0.118. The molecule has 106 valence electrons. The number of aryl methyl sites for hydroxylation is 1. The van der Waals surface area contributed by atoms with Gasteiger partial charge in [0.25, 0.3) is 5.91 Å². The molecule has 2 aromatic carbocycles. The molecule has 2 rings (SSSR count). The van der Waals surface area contributed by atoms with Crippen molar-refractivity contribution in [2.24, 2.45) is 5.73 Å². The van der Waals surface area contributed by atoms with E-state index in [1.807, 2.05) is 13.0 Å². The smallest absolute Gasteiger partial charge is 0.255 e. The summed E-state index contributed by atoms with van der Waals surface area (Å²) in [5, 5.41) is 2.71. The number of amides is 1. The highest BCUT2D eigenvalue weighted by Gasteiger charge is 2.08. The van der Waals surface area contributed by atoms with E-state index < -0.39 is 0 Å². The van der Waals surface area contributed by atoms with Crippen LogP contribution < -0.4 is 11.1 Å². The van der Waals surface area contributed by atoms with E-state index >= 15 is 0 Å². The number of nitrogens with one attached hydrogen (secondary N) is 1. The van der Waals surface area contributed by atoms with Crippen LogP contribution >= 0.6 is 0 Å². The van der Waals surface area contributed by atoms with Crippen LogP contribution in [0.2, 0.25) is 0 Å². The Kier molecular flexibility index (Phi) is 4.70. The molecule has 0 radical (unpaired) electrons. The molecule has 0 saturated carbocycles. The zero-order valence-corrected chi connectivity index (χ0v) is 11.6. The highest BCUT2D eigenvalue weighted by atomic mass is 19.1. The number of hydrogen-bond donors (Lipinski definition) is 2. The zero-order valence-electron chi connectivity index (χ0n) is 11.6. The maximum Gasteiger partial charge on any atom is 0.255 e. The van der Waals surface area contributed by atoms with Gasteiger partial charge in [-0.25, -0.2) is 4.39 Å². The van der Waals surface area contributed by atoms with Crippen molar-refractivity contribution in [2.45, 2.75) is 6.92 Å². The van der Waals surface area contributed by atoms with Crippen LogP contribution in [0.25, 0.3) is 0 Å². The number of rotatable bonds is 2. The highest BCUT2D eigenvalue weighted by molar-refractivity contribution is 6.04. The molecule has 21 heavy (non-hydrogen) atoms. The van der Waals surface area contributed by atoms with E-state index in [2.05, 4.69) is 17.2 Å². The number of carbonyl (C=O) groups excluding carboxylic acids is 1. The second kappa shape index (κ2) is 6.69. The van der Waals surface area contributed by atoms with E-state index in [0.29, 0.717) is 11.3 Å². The van der Waals surface area contributed by atoms with Crippen molar-refractivity contribution in [3.8, 4) is 11.8 Å². The first-order chi connectivity index (χ1) is 10.1. The van der Waals surface area contributed by atoms with E-state index in [9.17, 15) is 9.18 Å². The minimum absolute atomic E-state index is 0.266. The maximum atomic E-state index is 12.8. The van der Waals surface area contributed by atoms with Gasteiger partial charge in [0, 0.05) is 16.8 Å². The summed E-state index contributed by atoms with van der Waals surface area (Å²) in [6.07, 6.45) is 0. The monoisotopic (exact) mass is 282 g/mol. The predicted molar refractivity (Wildman–Crippen MR) is 81.5 cm³/mol. The Morgan fingerprint density at radius 2 is 1.95 bits per heavy atom. The first kappa shape index (κ1) is 14.8. The normalized spacial score (nSPS) is 9.67. The SMILES string of the molecule is Cc1ccc(C(=O)Nc2ccc(F)cc2)cc1C#CCN. The first-order valence-corrected chi connectivity index (χ1v) is 6.46. The van der Waals surface area contributed by atoms with Gasteiger partial charge in [0.05, 0.1) is 6.54 Å². The summed E-state index contributed by atoms with van der Waals surface area (Å²) in [5.74, 6) is 5.10. The molecule has 0 atom stereocenters. The Labute approximate surface area is 123 Å². The quantitative estimate of drug-likeness (QED) is 0.832. The average molecular weight is 282 g/mol. The van der Waals surface area contributed by atoms with Gasteiger partial charge in [0.1, 0.15) is 5.82 Å². The van der Waals surface area contributed by atoms with Crippen molar-refractivity contribution in [3.63, 3.8) is 0 Å². The Morgan fingerprint density at radius 1 is 1.24 bits per heavy atom. The standard InChI is InChI=1S/C17H15FN2O/c1-12-4-5-14(11-13(12)3-2-10-19)17(21)20-16-8-6-15(18)7-9-16/h4-9,11H,10,19H2,1H3,(H,20,21). The molecule has 0 saturated heterocycles. The van der Waals surface area contributed by atoms with Crippen molar-refractivity contribution in [1.82, 2.24) is 0 Å². The number of anilines is 1. The van der Waals surface area contributed by atoms with E-state index in [1.54, 1.807) is 12.1 Å². The molecule has 4 heteroatoms. The molecule has 0 heterocycles. The lowest BCUT2D eigenvalue weighted by Crippen LogP contribution is -2.12. The summed E-state index contributed by atoms with van der Waals surface area (Å²) in [6.45, 7) is 2.19. The van der Waals surface area contributed by atoms with E-state index in [-0.39, 0.29) is 18.3 Å². The molecule has 1 amide bonds. The summed E-state index contributed by atoms with van der Waals surface area (Å²) in [7, 11) is 0. The van der Waals surface area contributed by atoms with Crippen LogP contribution in [-0.2, 0) is 0 Å². The Hall–Kier alpha value is -2.64. The van der Waals surface area contributed by atoms with Crippen molar-refractivity contribution in [1.29, 1.82) is 0 Å². The van der Waals surface area contributed by atoms with Gasteiger partial charge in [0.2, 0.25) is 0 Å². The third kappa shape index (κ3) is 3.91. The van der Waals surface area contributed by atoms with Crippen LogP contribution in [0.3, 0.4) is 0 Å². The van der Waals surface area contributed by atoms with Crippen molar-refractivity contribution < 1.29 is 9.18 Å². The molecular weight excluding hydrogens is 267 g/mol. The fourth-order valence-corrected chi connectivity index (χ4v) is 1.78. The van der Waals surface area contributed by atoms with E-state index in [4.69, 9.17) is 5.73 Å². The number of hydrogen-bond acceptors (Lipinski definition) is 2. The molecule has 3 N–H and O–H groups in total. The van der Waals surface area contributed by atoms with Crippen LogP contribution in [0.5, 0.6) is 0 Å². The molecular formula is C17H15FN2O. The van der Waals surface area contributed by atoms with Gasteiger partial charge >= 0.3 is 0 Å². The Bertz CT molecular complexity index is 712. The number of benzene rings is 2. The molecule has 0 aliphatic heterocycles. The summed E-state index contributed by atoms with van der Waals surface area (Å²) < 4.78 is 12.8. The maximum absolute atomic E-state index is 12.8. The van der Waals surface area contributed by atoms with Gasteiger partial charge in [-0.1, -0.05) is 17.9 Å². The summed E-state index contributed by atoms with van der Waals surface area (Å²) in [5.41, 5.74) is 8.14. The minimum atomic E-state index is -0.345. The van der Waals surface area contributed by atoms with Crippen molar-refractivity contribution in [2.75, 3.05) is 11.9 Å². The third-order valence-electron chi connectivity index (χ3n) is 2.93.